The van der Waals surface area contributed by atoms with Crippen molar-refractivity contribution in [3.05, 3.63) is 49.1 Å². The number of rotatable bonds is 8. The first kappa shape index (κ1) is 27.2. The molecule has 0 aromatic rings. The fraction of sp³-hybridized carbons (Fsp3) is 0.714. The Balaban J connectivity index is 1.68. The van der Waals surface area contributed by atoms with E-state index >= 15 is 0 Å². The second kappa shape index (κ2) is 11.0. The van der Waals surface area contributed by atoms with Crippen LogP contribution in [0.3, 0.4) is 0 Å². The van der Waals surface area contributed by atoms with E-state index in [0.29, 0.717) is 22.2 Å². The largest absolute Gasteiger partial charge is 0.409 e. The third kappa shape index (κ3) is 4.67. The molecule has 0 bridgehead atoms. The van der Waals surface area contributed by atoms with Gasteiger partial charge in [0.15, 0.2) is 0 Å². The Kier molecular flexibility index (Phi) is 8.35. The van der Waals surface area contributed by atoms with E-state index in [1.807, 2.05) is 0 Å². The zero-order chi connectivity index (χ0) is 25.3. The standard InChI is InChI=1S/C28H48O4Si4/c1-5-33(25-17-9-10-18-25)29-34(6-2,26-19-11-12-20-26)31-36(8-4,28-23-15-16-24-28)32-35(7-3,30-33)27-21-13-14-22-27/h5-8,25-28H,1-4,9-24H2. The predicted octanol–water partition coefficient (Wildman–Crippen LogP) is 8.51. The van der Waals surface area contributed by atoms with Crippen molar-refractivity contribution >= 4 is 34.2 Å². The summed E-state index contributed by atoms with van der Waals surface area (Å²) in [6, 6.07) is 0. The minimum absolute atomic E-state index is 0.410. The molecule has 5 rings (SSSR count). The maximum Gasteiger partial charge on any atom is 0.350 e. The minimum Gasteiger partial charge on any atom is -0.409 e. The Morgan fingerprint density at radius 3 is 0.667 bits per heavy atom. The molecule has 0 radical (unpaired) electrons. The monoisotopic (exact) mass is 560 g/mol. The van der Waals surface area contributed by atoms with Gasteiger partial charge in [-0.25, -0.2) is 0 Å². The van der Waals surface area contributed by atoms with E-state index in [9.17, 15) is 0 Å². The average Bonchev–Trinajstić information content (AvgIpc) is 3.73. The molecule has 1 heterocycles. The minimum atomic E-state index is -2.89. The van der Waals surface area contributed by atoms with E-state index in [1.54, 1.807) is 0 Å². The smallest absolute Gasteiger partial charge is 0.350 e. The molecule has 5 fully saturated rings. The topological polar surface area (TPSA) is 36.9 Å². The highest BCUT2D eigenvalue weighted by Crippen LogP contribution is 2.55. The average molecular weight is 561 g/mol. The summed E-state index contributed by atoms with van der Waals surface area (Å²) in [4.78, 5) is 0. The van der Waals surface area contributed by atoms with E-state index in [4.69, 9.17) is 16.5 Å². The van der Waals surface area contributed by atoms with Gasteiger partial charge >= 0.3 is 34.2 Å². The van der Waals surface area contributed by atoms with Crippen LogP contribution < -0.4 is 0 Å². The van der Waals surface area contributed by atoms with Gasteiger partial charge in [-0.05, 0) is 51.4 Å². The lowest BCUT2D eigenvalue weighted by Crippen LogP contribution is -2.72. The Bertz CT molecular complexity index is 679. The van der Waals surface area contributed by atoms with Crippen LogP contribution in [0.1, 0.15) is 103 Å². The molecule has 1 aliphatic heterocycles. The number of hydrogen-bond donors (Lipinski definition) is 0. The fourth-order valence-corrected chi connectivity index (χ4v) is 32.4. The van der Waals surface area contributed by atoms with Crippen molar-refractivity contribution in [1.82, 2.24) is 0 Å². The molecule has 200 valence electrons. The molecular weight excluding hydrogens is 513 g/mol. The second-order valence-electron chi connectivity index (χ2n) is 12.0. The lowest BCUT2D eigenvalue weighted by atomic mass is 10.4. The lowest BCUT2D eigenvalue weighted by Gasteiger charge is -2.55. The summed E-state index contributed by atoms with van der Waals surface area (Å²) in [6.07, 6.45) is 19.2. The number of hydrogen-bond acceptors (Lipinski definition) is 4. The molecule has 0 spiro atoms. The molecule has 0 aromatic heterocycles. The molecule has 8 heteroatoms. The highest BCUT2D eigenvalue weighted by molar-refractivity contribution is 7.00. The van der Waals surface area contributed by atoms with Gasteiger partial charge in [-0.3, -0.25) is 0 Å². The molecule has 4 nitrogen and oxygen atoms in total. The summed E-state index contributed by atoms with van der Waals surface area (Å²) in [5.41, 5.74) is 10.1. The maximum atomic E-state index is 7.66. The van der Waals surface area contributed by atoms with Crippen LogP contribution in [0.2, 0.25) is 22.2 Å². The van der Waals surface area contributed by atoms with Crippen LogP contribution in [0.15, 0.2) is 49.1 Å². The van der Waals surface area contributed by atoms with Crippen molar-refractivity contribution in [3.8, 4) is 0 Å². The van der Waals surface area contributed by atoms with Crippen molar-refractivity contribution in [1.29, 1.82) is 0 Å². The molecule has 0 aromatic carbocycles. The van der Waals surface area contributed by atoms with Crippen LogP contribution >= 0.6 is 0 Å². The van der Waals surface area contributed by atoms with Gasteiger partial charge in [-0.2, -0.15) is 0 Å². The van der Waals surface area contributed by atoms with Crippen molar-refractivity contribution < 1.29 is 16.5 Å². The molecular formula is C28H48O4Si4. The molecule has 1 saturated heterocycles. The summed E-state index contributed by atoms with van der Waals surface area (Å²) in [5.74, 6) is 0. The normalized spacial score (nSPS) is 41.8. The van der Waals surface area contributed by atoms with E-state index in [2.05, 4.69) is 49.1 Å². The molecule has 0 unspecified atom stereocenters. The molecule has 5 aliphatic rings. The van der Waals surface area contributed by atoms with E-state index in [0.717, 1.165) is 51.4 Å². The zero-order valence-electron chi connectivity index (χ0n) is 22.4. The molecule has 36 heavy (non-hydrogen) atoms. The summed E-state index contributed by atoms with van der Waals surface area (Å²) >= 11 is 0. The van der Waals surface area contributed by atoms with E-state index in [1.165, 1.54) is 51.4 Å². The van der Waals surface area contributed by atoms with Crippen molar-refractivity contribution in [2.24, 2.45) is 0 Å². The fourth-order valence-electron chi connectivity index (χ4n) is 8.06. The molecule has 4 aliphatic carbocycles. The molecule has 0 N–H and O–H groups in total. The van der Waals surface area contributed by atoms with Gasteiger partial charge in [0.05, 0.1) is 0 Å². The molecule has 0 atom stereocenters. The SMILES string of the molecule is C=C[Si]1(C2CCCC2)O[Si](C=C)(C2CCCC2)O[Si](C=C)(C2CCCC2)O[Si](C=C)(C2CCCC2)O1. The maximum absolute atomic E-state index is 7.66. The van der Waals surface area contributed by atoms with Crippen molar-refractivity contribution in [2.75, 3.05) is 0 Å². The van der Waals surface area contributed by atoms with Crippen molar-refractivity contribution in [3.63, 3.8) is 0 Å². The first-order valence-corrected chi connectivity index (χ1v) is 22.7. The van der Waals surface area contributed by atoms with Crippen LogP contribution in [0.25, 0.3) is 0 Å². The van der Waals surface area contributed by atoms with E-state index in [-0.39, 0.29) is 0 Å². The van der Waals surface area contributed by atoms with Crippen molar-refractivity contribution in [2.45, 2.75) is 125 Å². The van der Waals surface area contributed by atoms with Gasteiger partial charge in [-0.15, -0.1) is 26.3 Å². The van der Waals surface area contributed by atoms with Gasteiger partial charge in [0.1, 0.15) is 0 Å². The second-order valence-corrected chi connectivity index (χ2v) is 26.0. The third-order valence-electron chi connectivity index (χ3n) is 10.1. The highest BCUT2D eigenvalue weighted by Gasteiger charge is 2.67. The van der Waals surface area contributed by atoms with Gasteiger partial charge in [-0.1, -0.05) is 74.2 Å². The van der Waals surface area contributed by atoms with Gasteiger partial charge in [0.25, 0.3) is 0 Å². The highest BCUT2D eigenvalue weighted by atomic mass is 28.5. The van der Waals surface area contributed by atoms with E-state index < -0.39 is 34.2 Å². The Labute approximate surface area is 224 Å². The quantitative estimate of drug-likeness (QED) is 0.279. The van der Waals surface area contributed by atoms with Crippen LogP contribution in [0, 0.1) is 0 Å². The van der Waals surface area contributed by atoms with Gasteiger partial charge in [0, 0.05) is 22.2 Å². The van der Waals surface area contributed by atoms with Gasteiger partial charge < -0.3 is 16.5 Å². The predicted molar refractivity (Wildman–Crippen MR) is 157 cm³/mol. The lowest BCUT2D eigenvalue weighted by molar-refractivity contribution is 0.209. The van der Waals surface area contributed by atoms with Crippen LogP contribution in [0.5, 0.6) is 0 Å². The Morgan fingerprint density at radius 1 is 0.361 bits per heavy atom. The molecule has 0 amide bonds. The van der Waals surface area contributed by atoms with Crippen LogP contribution in [-0.2, 0) is 16.5 Å². The first-order chi connectivity index (χ1) is 17.5. The Hall–Kier alpha value is -0.332. The summed E-state index contributed by atoms with van der Waals surface area (Å²) in [7, 11) is -11.5. The Morgan fingerprint density at radius 2 is 0.528 bits per heavy atom. The summed E-state index contributed by atoms with van der Waals surface area (Å²) in [6.45, 7) is 17.7. The summed E-state index contributed by atoms with van der Waals surface area (Å²) < 4.78 is 30.6. The van der Waals surface area contributed by atoms with Gasteiger partial charge in [0.2, 0.25) is 0 Å². The van der Waals surface area contributed by atoms with Crippen LogP contribution in [-0.4, -0.2) is 34.2 Å². The molecule has 4 saturated carbocycles. The zero-order valence-corrected chi connectivity index (χ0v) is 26.4. The first-order valence-electron chi connectivity index (χ1n) is 14.8. The third-order valence-corrected chi connectivity index (χ3v) is 29.5. The van der Waals surface area contributed by atoms with Crippen LogP contribution in [0.4, 0.5) is 0 Å². The summed E-state index contributed by atoms with van der Waals surface area (Å²) in [5, 5.41) is 0.